The molecule has 0 spiro atoms. The van der Waals surface area contributed by atoms with Crippen molar-refractivity contribution in [1.82, 2.24) is 0 Å². The average molecular weight is 286 g/mol. The fraction of sp³-hybridized carbons (Fsp3) is 0.222. The van der Waals surface area contributed by atoms with E-state index in [1.165, 1.54) is 23.9 Å². The molecule has 0 saturated heterocycles. The summed E-state index contributed by atoms with van der Waals surface area (Å²) in [5.41, 5.74) is -0.598. The van der Waals surface area contributed by atoms with E-state index in [1.807, 2.05) is 0 Å². The zero-order valence-corrected chi connectivity index (χ0v) is 10.4. The molecule has 1 N–H and O–H groups in total. The molecule has 0 radical (unpaired) electrons. The first-order valence-corrected chi connectivity index (χ1v) is 6.07. The SMILES string of the molecule is CSC(=S)Nc1ccc(Cl)c(C(F)(F)F)c1. The van der Waals surface area contributed by atoms with Crippen LogP contribution in [0, 0.1) is 0 Å². The van der Waals surface area contributed by atoms with Crippen molar-refractivity contribution in [3.05, 3.63) is 28.8 Å². The molecule has 1 nitrogen and oxygen atoms in total. The predicted octanol–water partition coefficient (Wildman–Crippen LogP) is 4.42. The fourth-order valence-corrected chi connectivity index (χ4v) is 1.55. The summed E-state index contributed by atoms with van der Waals surface area (Å²) in [5, 5.41) is 2.34. The first-order chi connectivity index (χ1) is 7.34. The summed E-state index contributed by atoms with van der Waals surface area (Å²) in [5.74, 6) is 0. The lowest BCUT2D eigenvalue weighted by atomic mass is 10.2. The quantitative estimate of drug-likeness (QED) is 0.767. The van der Waals surface area contributed by atoms with E-state index in [9.17, 15) is 13.2 Å². The zero-order valence-electron chi connectivity index (χ0n) is 8.06. The van der Waals surface area contributed by atoms with E-state index in [0.29, 0.717) is 4.32 Å². The van der Waals surface area contributed by atoms with Gasteiger partial charge in [0.25, 0.3) is 0 Å². The summed E-state index contributed by atoms with van der Waals surface area (Å²) in [7, 11) is 0. The molecule has 7 heteroatoms. The maximum atomic E-state index is 12.5. The highest BCUT2D eigenvalue weighted by Gasteiger charge is 2.33. The number of anilines is 1. The number of hydrogen-bond acceptors (Lipinski definition) is 2. The average Bonchev–Trinajstić information content (AvgIpc) is 2.19. The second kappa shape index (κ2) is 5.25. The third-order valence-electron chi connectivity index (χ3n) is 1.70. The molecule has 0 saturated carbocycles. The molecule has 0 aliphatic rings. The van der Waals surface area contributed by atoms with E-state index in [2.05, 4.69) is 5.32 Å². The number of benzene rings is 1. The van der Waals surface area contributed by atoms with Gasteiger partial charge in [-0.2, -0.15) is 13.2 Å². The van der Waals surface area contributed by atoms with Crippen molar-refractivity contribution in [2.45, 2.75) is 6.18 Å². The third-order valence-corrected chi connectivity index (χ3v) is 3.11. The van der Waals surface area contributed by atoms with Crippen LogP contribution in [-0.2, 0) is 6.18 Å². The van der Waals surface area contributed by atoms with Crippen LogP contribution in [-0.4, -0.2) is 10.6 Å². The molecule has 16 heavy (non-hydrogen) atoms. The summed E-state index contributed by atoms with van der Waals surface area (Å²) < 4.78 is 37.9. The van der Waals surface area contributed by atoms with Gasteiger partial charge in [0.2, 0.25) is 0 Å². The molecule has 0 bridgehead atoms. The minimum absolute atomic E-state index is 0.274. The highest BCUT2D eigenvalue weighted by Crippen LogP contribution is 2.36. The molecule has 0 aromatic heterocycles. The van der Waals surface area contributed by atoms with Crippen LogP contribution in [0.3, 0.4) is 0 Å². The zero-order chi connectivity index (χ0) is 12.3. The minimum Gasteiger partial charge on any atom is -0.341 e. The molecule has 0 heterocycles. The van der Waals surface area contributed by atoms with E-state index in [4.69, 9.17) is 23.8 Å². The molecule has 88 valence electrons. The maximum Gasteiger partial charge on any atom is 0.417 e. The van der Waals surface area contributed by atoms with Crippen molar-refractivity contribution in [3.63, 3.8) is 0 Å². The molecule has 0 unspecified atom stereocenters. The van der Waals surface area contributed by atoms with Crippen LogP contribution in [0.25, 0.3) is 0 Å². The second-order valence-electron chi connectivity index (χ2n) is 2.81. The molecule has 0 atom stereocenters. The van der Waals surface area contributed by atoms with E-state index in [-0.39, 0.29) is 10.7 Å². The van der Waals surface area contributed by atoms with Crippen molar-refractivity contribution in [2.24, 2.45) is 0 Å². The molecule has 1 aromatic rings. The number of halogens is 4. The van der Waals surface area contributed by atoms with E-state index < -0.39 is 11.7 Å². The second-order valence-corrected chi connectivity index (χ2v) is 4.70. The Bertz CT molecular complexity index is 406. The fourth-order valence-electron chi connectivity index (χ4n) is 0.989. The first kappa shape index (κ1) is 13.6. The molecule has 1 rings (SSSR count). The van der Waals surface area contributed by atoms with Gasteiger partial charge in [-0.3, -0.25) is 0 Å². The maximum absolute atomic E-state index is 12.5. The van der Waals surface area contributed by atoms with Gasteiger partial charge < -0.3 is 5.32 Å². The van der Waals surface area contributed by atoms with Gasteiger partial charge in [-0.15, -0.1) is 11.8 Å². The topological polar surface area (TPSA) is 12.0 Å². The van der Waals surface area contributed by atoms with E-state index in [1.54, 1.807) is 6.26 Å². The van der Waals surface area contributed by atoms with Crippen LogP contribution < -0.4 is 5.32 Å². The Balaban J connectivity index is 3.03. The van der Waals surface area contributed by atoms with Gasteiger partial charge in [-0.05, 0) is 24.5 Å². The Morgan fingerprint density at radius 2 is 2.06 bits per heavy atom. The Hall–Kier alpha value is -0.460. The molecule has 0 aliphatic carbocycles. The summed E-state index contributed by atoms with van der Waals surface area (Å²) in [6.45, 7) is 0. The standard InChI is InChI=1S/C9H7ClF3NS2/c1-16-8(15)14-5-2-3-7(10)6(4-5)9(11,12)13/h2-4H,1H3,(H,14,15). The molecular weight excluding hydrogens is 279 g/mol. The van der Waals surface area contributed by atoms with E-state index >= 15 is 0 Å². The number of alkyl halides is 3. The first-order valence-electron chi connectivity index (χ1n) is 4.06. The van der Waals surface area contributed by atoms with Crippen LogP contribution in [0.4, 0.5) is 18.9 Å². The number of rotatable bonds is 1. The van der Waals surface area contributed by atoms with Gasteiger partial charge >= 0.3 is 6.18 Å². The van der Waals surface area contributed by atoms with Crippen molar-refractivity contribution >= 4 is 45.6 Å². The summed E-state index contributed by atoms with van der Waals surface area (Å²) >= 11 is 11.6. The van der Waals surface area contributed by atoms with Gasteiger partial charge in [-0.1, -0.05) is 23.8 Å². The normalized spacial score (nSPS) is 11.3. The summed E-state index contributed by atoms with van der Waals surface area (Å²) in [6, 6.07) is 3.57. The highest BCUT2D eigenvalue weighted by molar-refractivity contribution is 8.22. The Kier molecular flexibility index (Phi) is 4.46. The van der Waals surface area contributed by atoms with Gasteiger partial charge in [0.15, 0.2) is 0 Å². The summed E-state index contributed by atoms with van der Waals surface area (Å²) in [6.07, 6.45) is -2.73. The molecule has 0 amide bonds. The van der Waals surface area contributed by atoms with Gasteiger partial charge in [0.1, 0.15) is 4.32 Å². The predicted molar refractivity (Wildman–Crippen MR) is 66.2 cm³/mol. The lowest BCUT2D eigenvalue weighted by Crippen LogP contribution is -2.09. The highest BCUT2D eigenvalue weighted by atomic mass is 35.5. The number of thioether (sulfide) groups is 1. The minimum atomic E-state index is -4.46. The number of thiocarbonyl (C=S) groups is 1. The van der Waals surface area contributed by atoms with E-state index in [0.717, 1.165) is 6.07 Å². The lowest BCUT2D eigenvalue weighted by molar-refractivity contribution is -0.137. The van der Waals surface area contributed by atoms with Crippen LogP contribution in [0.1, 0.15) is 5.56 Å². The van der Waals surface area contributed by atoms with Crippen LogP contribution >= 0.6 is 35.6 Å². The van der Waals surface area contributed by atoms with Crippen LogP contribution in [0.5, 0.6) is 0 Å². The largest absolute Gasteiger partial charge is 0.417 e. The number of nitrogens with one attached hydrogen (secondary N) is 1. The molecule has 0 fully saturated rings. The molecule has 1 aromatic carbocycles. The smallest absolute Gasteiger partial charge is 0.341 e. The monoisotopic (exact) mass is 285 g/mol. The van der Waals surface area contributed by atoms with Crippen LogP contribution in [0.2, 0.25) is 5.02 Å². The van der Waals surface area contributed by atoms with Crippen LogP contribution in [0.15, 0.2) is 18.2 Å². The van der Waals surface area contributed by atoms with Crippen molar-refractivity contribution in [2.75, 3.05) is 11.6 Å². The van der Waals surface area contributed by atoms with Crippen molar-refractivity contribution < 1.29 is 13.2 Å². The van der Waals surface area contributed by atoms with Gasteiger partial charge in [0, 0.05) is 5.69 Å². The Morgan fingerprint density at radius 3 is 2.56 bits per heavy atom. The molecular formula is C9H7ClF3NS2. The van der Waals surface area contributed by atoms with Gasteiger partial charge in [0.05, 0.1) is 10.6 Å². The number of hydrogen-bond donors (Lipinski definition) is 1. The summed E-state index contributed by atoms with van der Waals surface area (Å²) in [4.78, 5) is 0. The lowest BCUT2D eigenvalue weighted by Gasteiger charge is -2.11. The van der Waals surface area contributed by atoms with Gasteiger partial charge in [-0.25, -0.2) is 0 Å². The molecule has 0 aliphatic heterocycles. The van der Waals surface area contributed by atoms with Crippen molar-refractivity contribution in [3.8, 4) is 0 Å². The Labute approximate surface area is 105 Å². The van der Waals surface area contributed by atoms with Crippen molar-refractivity contribution in [1.29, 1.82) is 0 Å². The Morgan fingerprint density at radius 1 is 1.44 bits per heavy atom. The third kappa shape index (κ3) is 3.54.